The molecule has 27 heavy (non-hydrogen) atoms. The van der Waals surface area contributed by atoms with Crippen molar-refractivity contribution in [2.24, 2.45) is 0 Å². The lowest BCUT2D eigenvalue weighted by Crippen LogP contribution is -2.56. The van der Waals surface area contributed by atoms with Crippen LogP contribution in [0, 0.1) is 0 Å². The van der Waals surface area contributed by atoms with E-state index in [0.717, 1.165) is 37.9 Å². The van der Waals surface area contributed by atoms with Gasteiger partial charge in [-0.3, -0.25) is 4.90 Å². The molecule has 2 aliphatic heterocycles. The predicted molar refractivity (Wildman–Crippen MR) is 108 cm³/mol. The zero-order valence-corrected chi connectivity index (χ0v) is 16.7. The number of amides is 2. The summed E-state index contributed by atoms with van der Waals surface area (Å²) in [6, 6.07) is 4.82. The number of nitrogens with zero attached hydrogens (tertiary/aromatic N) is 4. The minimum atomic E-state index is 0.0834. The lowest BCUT2D eigenvalue weighted by molar-refractivity contribution is 0.133. The van der Waals surface area contributed by atoms with E-state index in [1.54, 1.807) is 6.20 Å². The molecule has 1 N–H and O–H groups in total. The molecule has 1 aliphatic carbocycles. The van der Waals surface area contributed by atoms with Gasteiger partial charge in [0.15, 0.2) is 0 Å². The van der Waals surface area contributed by atoms with Gasteiger partial charge in [-0.15, -0.1) is 0 Å². The molecule has 2 amide bonds. The number of piperidine rings is 1. The Morgan fingerprint density at radius 3 is 2.59 bits per heavy atom. The van der Waals surface area contributed by atoms with Gasteiger partial charge in [0, 0.05) is 51.0 Å². The van der Waals surface area contributed by atoms with Crippen molar-refractivity contribution in [2.75, 3.05) is 44.2 Å². The molecule has 1 aromatic rings. The molecule has 0 unspecified atom stereocenters. The van der Waals surface area contributed by atoms with Crippen LogP contribution in [0.2, 0.25) is 5.02 Å². The quantitative estimate of drug-likeness (QED) is 0.860. The van der Waals surface area contributed by atoms with E-state index in [1.807, 2.05) is 17.0 Å². The average molecular weight is 392 g/mol. The van der Waals surface area contributed by atoms with E-state index >= 15 is 0 Å². The second-order valence-electron chi connectivity index (χ2n) is 8.00. The molecular weight excluding hydrogens is 362 g/mol. The number of pyridine rings is 1. The summed E-state index contributed by atoms with van der Waals surface area (Å²) in [5.74, 6) is 0.818. The number of nitrogens with one attached hydrogen (secondary N) is 1. The first-order valence-corrected chi connectivity index (χ1v) is 10.7. The maximum absolute atomic E-state index is 12.7. The van der Waals surface area contributed by atoms with Crippen molar-refractivity contribution in [1.29, 1.82) is 0 Å². The predicted octanol–water partition coefficient (Wildman–Crippen LogP) is 2.97. The third-order valence-electron chi connectivity index (χ3n) is 6.23. The number of hydrogen-bond acceptors (Lipinski definition) is 4. The van der Waals surface area contributed by atoms with Crippen molar-refractivity contribution in [3.63, 3.8) is 0 Å². The van der Waals surface area contributed by atoms with E-state index in [-0.39, 0.29) is 12.1 Å². The lowest BCUT2D eigenvalue weighted by Gasteiger charge is -2.39. The summed E-state index contributed by atoms with van der Waals surface area (Å²) in [6.07, 6.45) is 9.44. The number of urea groups is 1. The number of carbonyl (C=O) groups is 1. The van der Waals surface area contributed by atoms with Crippen LogP contribution in [0.4, 0.5) is 10.6 Å². The van der Waals surface area contributed by atoms with Crippen molar-refractivity contribution in [3.8, 4) is 0 Å². The molecule has 4 rings (SSSR count). The topological polar surface area (TPSA) is 51.7 Å². The number of piperazine rings is 1. The average Bonchev–Trinajstić information content (AvgIpc) is 3.24. The second kappa shape index (κ2) is 8.65. The van der Waals surface area contributed by atoms with Gasteiger partial charge in [0.05, 0.1) is 5.02 Å². The zero-order valence-electron chi connectivity index (χ0n) is 15.9. The summed E-state index contributed by atoms with van der Waals surface area (Å²) < 4.78 is 0. The molecule has 0 bridgehead atoms. The highest BCUT2D eigenvalue weighted by Crippen LogP contribution is 2.26. The van der Waals surface area contributed by atoms with E-state index < -0.39 is 0 Å². The maximum atomic E-state index is 12.7. The van der Waals surface area contributed by atoms with Gasteiger partial charge in [0.1, 0.15) is 5.82 Å². The van der Waals surface area contributed by atoms with Crippen molar-refractivity contribution in [2.45, 2.75) is 50.6 Å². The number of halogens is 1. The molecular formula is C20H30ClN5O. The number of anilines is 1. The Morgan fingerprint density at radius 1 is 1.07 bits per heavy atom. The lowest BCUT2D eigenvalue weighted by atomic mass is 10.0. The molecule has 1 aromatic heterocycles. The monoisotopic (exact) mass is 391 g/mol. The Morgan fingerprint density at radius 2 is 1.85 bits per heavy atom. The van der Waals surface area contributed by atoms with Crippen LogP contribution >= 0.6 is 11.6 Å². The number of carbonyl (C=O) groups excluding carboxylic acids is 1. The summed E-state index contributed by atoms with van der Waals surface area (Å²) in [5, 5.41) is 3.96. The Hall–Kier alpha value is -1.53. The van der Waals surface area contributed by atoms with Gasteiger partial charge < -0.3 is 15.1 Å². The van der Waals surface area contributed by atoms with Crippen molar-refractivity contribution in [1.82, 2.24) is 20.1 Å². The second-order valence-corrected chi connectivity index (χ2v) is 8.41. The van der Waals surface area contributed by atoms with E-state index in [9.17, 15) is 4.79 Å². The summed E-state index contributed by atoms with van der Waals surface area (Å²) in [5.41, 5.74) is 0. The van der Waals surface area contributed by atoms with Gasteiger partial charge in [-0.25, -0.2) is 9.78 Å². The molecule has 1 saturated carbocycles. The fourth-order valence-electron chi connectivity index (χ4n) is 4.72. The standard InChI is InChI=1S/C20H30ClN5O/c21-18-8-3-9-22-19(18)24-11-13-25(14-12-24)20(27)23-16-5-4-10-26(15-16)17-6-1-2-7-17/h3,8-9,16-17H,1-2,4-7,10-15H2,(H,23,27)/t16-/m0/s1. The smallest absolute Gasteiger partial charge is 0.317 e. The van der Waals surface area contributed by atoms with Gasteiger partial charge in [-0.2, -0.15) is 0 Å². The molecule has 6 nitrogen and oxygen atoms in total. The van der Waals surface area contributed by atoms with Crippen molar-refractivity contribution < 1.29 is 4.79 Å². The van der Waals surface area contributed by atoms with Crippen LogP contribution in [0.3, 0.4) is 0 Å². The normalized spacial score (nSPS) is 25.0. The maximum Gasteiger partial charge on any atom is 0.317 e. The highest BCUT2D eigenvalue weighted by Gasteiger charge is 2.30. The summed E-state index contributed by atoms with van der Waals surface area (Å²) >= 11 is 6.25. The molecule has 0 spiro atoms. The van der Waals surface area contributed by atoms with Crippen LogP contribution in [-0.2, 0) is 0 Å². The summed E-state index contributed by atoms with van der Waals surface area (Å²) in [4.78, 5) is 23.8. The van der Waals surface area contributed by atoms with Crippen LogP contribution in [0.25, 0.3) is 0 Å². The zero-order chi connectivity index (χ0) is 18.6. The van der Waals surface area contributed by atoms with Crippen LogP contribution in [0.1, 0.15) is 38.5 Å². The number of rotatable bonds is 3. The molecule has 7 heteroatoms. The van der Waals surface area contributed by atoms with E-state index in [2.05, 4.69) is 20.1 Å². The molecule has 3 fully saturated rings. The van der Waals surface area contributed by atoms with Gasteiger partial charge in [0.2, 0.25) is 0 Å². The molecule has 0 aromatic carbocycles. The van der Waals surface area contributed by atoms with Gasteiger partial charge >= 0.3 is 6.03 Å². The first kappa shape index (κ1) is 18.8. The largest absolute Gasteiger partial charge is 0.352 e. The number of hydrogen-bond donors (Lipinski definition) is 1. The molecule has 1 atom stereocenters. The van der Waals surface area contributed by atoms with E-state index in [0.29, 0.717) is 18.1 Å². The highest BCUT2D eigenvalue weighted by atomic mass is 35.5. The van der Waals surface area contributed by atoms with E-state index in [1.165, 1.54) is 38.6 Å². The Labute approximate surface area is 166 Å². The van der Waals surface area contributed by atoms with Gasteiger partial charge in [0.25, 0.3) is 0 Å². The van der Waals surface area contributed by atoms with Gasteiger partial charge in [-0.1, -0.05) is 24.4 Å². The van der Waals surface area contributed by atoms with E-state index in [4.69, 9.17) is 11.6 Å². The van der Waals surface area contributed by atoms with Crippen LogP contribution in [0.15, 0.2) is 18.3 Å². The third-order valence-corrected chi connectivity index (χ3v) is 6.52. The van der Waals surface area contributed by atoms with Crippen LogP contribution < -0.4 is 10.2 Å². The number of aromatic nitrogens is 1. The molecule has 2 saturated heterocycles. The van der Waals surface area contributed by atoms with Crippen LogP contribution in [-0.4, -0.2) is 72.2 Å². The highest BCUT2D eigenvalue weighted by molar-refractivity contribution is 6.32. The fourth-order valence-corrected chi connectivity index (χ4v) is 4.96. The summed E-state index contributed by atoms with van der Waals surface area (Å²) in [6.45, 7) is 5.15. The Bertz CT molecular complexity index is 643. The SMILES string of the molecule is O=C(N[C@H]1CCCN(C2CCCC2)C1)N1CCN(c2ncccc2Cl)CC1. The van der Waals surface area contributed by atoms with Crippen molar-refractivity contribution in [3.05, 3.63) is 23.4 Å². The van der Waals surface area contributed by atoms with Crippen molar-refractivity contribution >= 4 is 23.4 Å². The first-order chi connectivity index (χ1) is 13.2. The number of likely N-dealkylation sites (tertiary alicyclic amines) is 1. The molecule has 3 heterocycles. The Kier molecular flexibility index (Phi) is 6.03. The minimum Gasteiger partial charge on any atom is -0.352 e. The minimum absolute atomic E-state index is 0.0834. The fraction of sp³-hybridized carbons (Fsp3) is 0.700. The first-order valence-electron chi connectivity index (χ1n) is 10.4. The van der Waals surface area contributed by atoms with Crippen LogP contribution in [0.5, 0.6) is 0 Å². The third kappa shape index (κ3) is 4.49. The van der Waals surface area contributed by atoms with Gasteiger partial charge in [-0.05, 0) is 44.4 Å². The Balaban J connectivity index is 1.26. The summed E-state index contributed by atoms with van der Waals surface area (Å²) in [7, 11) is 0. The molecule has 148 valence electrons. The molecule has 0 radical (unpaired) electrons. The molecule has 3 aliphatic rings.